The van der Waals surface area contributed by atoms with Crippen LogP contribution in [-0.2, 0) is 0 Å². The SMILES string of the molecule is O=c1oc2c(Br)c(Br)ccc2cc1-c1nc2ccccc2c2nc3ccccc3n12. The number of hydrogen-bond donors (Lipinski definition) is 0. The van der Waals surface area contributed by atoms with Crippen molar-refractivity contribution < 1.29 is 4.42 Å². The summed E-state index contributed by atoms with van der Waals surface area (Å²) in [4.78, 5) is 22.7. The lowest BCUT2D eigenvalue weighted by molar-refractivity contribution is 0.560. The zero-order valence-corrected chi connectivity index (χ0v) is 18.4. The molecule has 0 unspecified atom stereocenters. The van der Waals surface area contributed by atoms with Crippen LogP contribution >= 0.6 is 31.9 Å². The van der Waals surface area contributed by atoms with Gasteiger partial charge < -0.3 is 4.42 Å². The van der Waals surface area contributed by atoms with Gasteiger partial charge in [0, 0.05) is 15.2 Å². The van der Waals surface area contributed by atoms with E-state index in [0.717, 1.165) is 37.4 Å². The highest BCUT2D eigenvalue weighted by Crippen LogP contribution is 2.33. The van der Waals surface area contributed by atoms with Crippen LogP contribution in [0.15, 0.2) is 84.9 Å². The second kappa shape index (κ2) is 6.48. The van der Waals surface area contributed by atoms with Crippen molar-refractivity contribution in [3.8, 4) is 11.4 Å². The third kappa shape index (κ3) is 2.49. The molecule has 0 aliphatic rings. The van der Waals surface area contributed by atoms with E-state index < -0.39 is 5.63 Å². The van der Waals surface area contributed by atoms with E-state index in [1.54, 1.807) is 0 Å². The van der Waals surface area contributed by atoms with Crippen LogP contribution < -0.4 is 5.63 Å². The Balaban J connectivity index is 1.81. The minimum atomic E-state index is -0.455. The van der Waals surface area contributed by atoms with Gasteiger partial charge in [-0.15, -0.1) is 0 Å². The molecule has 0 spiro atoms. The number of fused-ring (bicyclic) bond motifs is 6. The Morgan fingerprint density at radius 3 is 2.50 bits per heavy atom. The molecule has 0 aliphatic carbocycles. The molecule has 0 saturated heterocycles. The Kier molecular flexibility index (Phi) is 3.85. The van der Waals surface area contributed by atoms with Crippen LogP contribution in [0.5, 0.6) is 0 Å². The minimum absolute atomic E-state index is 0.385. The van der Waals surface area contributed by atoms with E-state index in [9.17, 15) is 4.79 Å². The van der Waals surface area contributed by atoms with E-state index in [1.807, 2.05) is 71.1 Å². The van der Waals surface area contributed by atoms with Crippen LogP contribution in [0, 0.1) is 0 Å². The van der Waals surface area contributed by atoms with Crippen molar-refractivity contribution in [3.63, 3.8) is 0 Å². The fourth-order valence-electron chi connectivity index (χ4n) is 3.81. The van der Waals surface area contributed by atoms with Crippen LogP contribution in [-0.4, -0.2) is 14.4 Å². The maximum Gasteiger partial charge on any atom is 0.347 e. The Hall–Kier alpha value is -3.03. The summed E-state index contributed by atoms with van der Waals surface area (Å²) >= 11 is 6.94. The monoisotopic (exact) mass is 519 g/mol. The van der Waals surface area contributed by atoms with Gasteiger partial charge in [0.1, 0.15) is 11.2 Å². The summed E-state index contributed by atoms with van der Waals surface area (Å²) in [5.74, 6) is 0.507. The molecule has 144 valence electrons. The molecule has 0 amide bonds. The number of para-hydroxylation sites is 3. The molecule has 5 nitrogen and oxygen atoms in total. The second-order valence-corrected chi connectivity index (χ2v) is 8.59. The average molecular weight is 521 g/mol. The van der Waals surface area contributed by atoms with Crippen molar-refractivity contribution in [2.75, 3.05) is 0 Å². The number of aromatic nitrogens is 3. The normalized spacial score (nSPS) is 11.8. The van der Waals surface area contributed by atoms with E-state index in [0.29, 0.717) is 21.4 Å². The molecule has 3 heterocycles. The molecule has 0 atom stereocenters. The summed E-state index contributed by atoms with van der Waals surface area (Å²) in [5.41, 5.74) is 3.68. The number of hydrogen-bond acceptors (Lipinski definition) is 4. The largest absolute Gasteiger partial charge is 0.421 e. The van der Waals surface area contributed by atoms with Gasteiger partial charge in [-0.05, 0) is 68.3 Å². The van der Waals surface area contributed by atoms with Crippen molar-refractivity contribution in [1.29, 1.82) is 0 Å². The molecule has 0 radical (unpaired) electrons. The standard InChI is InChI=1S/C23H11Br2N3O2/c24-15-10-9-12-11-14(23(29)30-20(12)19(15)25)22-26-16-6-2-1-5-13(16)21-27-17-7-3-4-8-18(17)28(21)22/h1-11H. The first-order valence-electron chi connectivity index (χ1n) is 9.20. The Morgan fingerprint density at radius 1 is 0.867 bits per heavy atom. The van der Waals surface area contributed by atoms with Gasteiger partial charge in [-0.2, -0.15) is 0 Å². The molecule has 0 bridgehead atoms. The van der Waals surface area contributed by atoms with Gasteiger partial charge >= 0.3 is 5.63 Å². The Bertz CT molecular complexity index is 1700. The van der Waals surface area contributed by atoms with Gasteiger partial charge in [0.25, 0.3) is 0 Å². The maximum atomic E-state index is 13.1. The van der Waals surface area contributed by atoms with E-state index in [-0.39, 0.29) is 0 Å². The predicted molar refractivity (Wildman–Crippen MR) is 125 cm³/mol. The van der Waals surface area contributed by atoms with E-state index >= 15 is 0 Å². The first-order chi connectivity index (χ1) is 14.6. The molecule has 7 heteroatoms. The summed E-state index contributed by atoms with van der Waals surface area (Å²) in [6.45, 7) is 0. The van der Waals surface area contributed by atoms with Crippen molar-refractivity contribution in [3.05, 3.63) is 86.1 Å². The molecular weight excluding hydrogens is 510 g/mol. The molecule has 30 heavy (non-hydrogen) atoms. The highest BCUT2D eigenvalue weighted by atomic mass is 79.9. The summed E-state index contributed by atoms with van der Waals surface area (Å²) < 4.78 is 9.16. The van der Waals surface area contributed by atoms with Crippen LogP contribution in [0.2, 0.25) is 0 Å². The lowest BCUT2D eigenvalue weighted by Crippen LogP contribution is -2.08. The van der Waals surface area contributed by atoms with Crippen LogP contribution in [0.25, 0.3) is 49.9 Å². The second-order valence-electron chi connectivity index (χ2n) is 6.94. The third-order valence-electron chi connectivity index (χ3n) is 5.18. The number of rotatable bonds is 1. The number of nitrogens with zero attached hydrogens (tertiary/aromatic N) is 3. The molecule has 0 fully saturated rings. The zero-order chi connectivity index (χ0) is 20.4. The van der Waals surface area contributed by atoms with Crippen LogP contribution in [0.1, 0.15) is 0 Å². The lowest BCUT2D eigenvalue weighted by atomic mass is 10.1. The number of halogens is 2. The summed E-state index contributed by atoms with van der Waals surface area (Å²) in [6.07, 6.45) is 0. The molecular formula is C23H11Br2N3O2. The number of benzene rings is 3. The predicted octanol–water partition coefficient (Wildman–Crippen LogP) is 6.33. The Labute approximate surface area is 186 Å². The molecule has 3 aromatic heterocycles. The van der Waals surface area contributed by atoms with Gasteiger partial charge in [-0.25, -0.2) is 14.8 Å². The molecule has 0 saturated carbocycles. The van der Waals surface area contributed by atoms with Gasteiger partial charge in [0.2, 0.25) is 0 Å². The van der Waals surface area contributed by atoms with E-state index in [1.165, 1.54) is 0 Å². The Morgan fingerprint density at radius 2 is 1.63 bits per heavy atom. The highest BCUT2D eigenvalue weighted by molar-refractivity contribution is 9.13. The molecule has 3 aromatic carbocycles. The summed E-state index contributed by atoms with van der Waals surface area (Å²) in [7, 11) is 0. The van der Waals surface area contributed by atoms with Crippen molar-refractivity contribution >= 4 is 70.4 Å². The fourth-order valence-corrected chi connectivity index (χ4v) is 4.56. The fraction of sp³-hybridized carbons (Fsp3) is 0. The third-order valence-corrected chi connectivity index (χ3v) is 7.16. The smallest absolute Gasteiger partial charge is 0.347 e. The molecule has 0 N–H and O–H groups in total. The lowest BCUT2D eigenvalue weighted by Gasteiger charge is -2.09. The first-order valence-corrected chi connectivity index (χ1v) is 10.8. The maximum absolute atomic E-state index is 13.1. The topological polar surface area (TPSA) is 60.4 Å². The van der Waals surface area contributed by atoms with Gasteiger partial charge in [-0.3, -0.25) is 4.40 Å². The quantitative estimate of drug-likeness (QED) is 0.237. The highest BCUT2D eigenvalue weighted by Gasteiger charge is 2.19. The van der Waals surface area contributed by atoms with Gasteiger partial charge in [-0.1, -0.05) is 30.3 Å². The minimum Gasteiger partial charge on any atom is -0.421 e. The zero-order valence-electron chi connectivity index (χ0n) is 15.3. The van der Waals surface area contributed by atoms with Crippen molar-refractivity contribution in [1.82, 2.24) is 14.4 Å². The number of imidazole rings is 1. The first kappa shape index (κ1) is 17.8. The molecule has 6 aromatic rings. The average Bonchev–Trinajstić information content (AvgIpc) is 3.16. The summed E-state index contributed by atoms with van der Waals surface area (Å²) in [6, 6.07) is 21.3. The van der Waals surface area contributed by atoms with Gasteiger partial charge in [0.05, 0.1) is 21.0 Å². The van der Waals surface area contributed by atoms with E-state index in [4.69, 9.17) is 14.4 Å². The van der Waals surface area contributed by atoms with Crippen LogP contribution in [0.3, 0.4) is 0 Å². The van der Waals surface area contributed by atoms with Crippen molar-refractivity contribution in [2.24, 2.45) is 0 Å². The van der Waals surface area contributed by atoms with Crippen molar-refractivity contribution in [2.45, 2.75) is 0 Å². The van der Waals surface area contributed by atoms with Gasteiger partial charge in [0.15, 0.2) is 11.4 Å². The molecule has 6 rings (SSSR count). The van der Waals surface area contributed by atoms with E-state index in [2.05, 4.69) is 31.9 Å². The van der Waals surface area contributed by atoms with Crippen LogP contribution in [0.4, 0.5) is 0 Å². The summed E-state index contributed by atoms with van der Waals surface area (Å²) in [5, 5.41) is 1.72. The molecule has 0 aliphatic heterocycles.